The predicted molar refractivity (Wildman–Crippen MR) is 119 cm³/mol. The average Bonchev–Trinajstić information content (AvgIpc) is 3.24. The van der Waals surface area contributed by atoms with E-state index in [4.69, 9.17) is 9.47 Å². The first-order valence-electron chi connectivity index (χ1n) is 10.2. The number of carbonyl (C=O) groups excluding carboxylic acids is 1. The third-order valence-corrected chi connectivity index (χ3v) is 6.81. The van der Waals surface area contributed by atoms with Crippen LogP contribution in [-0.2, 0) is 17.9 Å². The zero-order valence-corrected chi connectivity index (χ0v) is 17.8. The van der Waals surface area contributed by atoms with Gasteiger partial charge in [0.2, 0.25) is 0 Å². The SMILES string of the molecule is CN(Cc1ccc(N2CCOCC2)cc1)C(=O)c1cc2c(s1)-c1ccccc1OC2. The molecule has 30 heavy (non-hydrogen) atoms. The van der Waals surface area contributed by atoms with Crippen LogP contribution < -0.4 is 9.64 Å². The van der Waals surface area contributed by atoms with Crippen LogP contribution in [0.15, 0.2) is 54.6 Å². The fraction of sp³-hybridized carbons (Fsp3) is 0.292. The van der Waals surface area contributed by atoms with Crippen molar-refractivity contribution in [1.29, 1.82) is 0 Å². The number of morpholine rings is 1. The molecule has 0 unspecified atom stereocenters. The molecular formula is C24H24N2O3S. The van der Waals surface area contributed by atoms with Gasteiger partial charge in [0.1, 0.15) is 12.4 Å². The summed E-state index contributed by atoms with van der Waals surface area (Å²) in [5.41, 5.74) is 4.49. The highest BCUT2D eigenvalue weighted by atomic mass is 32.1. The highest BCUT2D eigenvalue weighted by Gasteiger charge is 2.24. The molecule has 3 heterocycles. The van der Waals surface area contributed by atoms with Gasteiger partial charge in [-0.15, -0.1) is 11.3 Å². The van der Waals surface area contributed by atoms with E-state index in [0.29, 0.717) is 13.2 Å². The van der Waals surface area contributed by atoms with Crippen molar-refractivity contribution in [2.45, 2.75) is 13.2 Å². The number of fused-ring (bicyclic) bond motifs is 3. The number of rotatable bonds is 4. The quantitative estimate of drug-likeness (QED) is 0.627. The van der Waals surface area contributed by atoms with E-state index in [1.165, 1.54) is 5.69 Å². The van der Waals surface area contributed by atoms with Crippen molar-refractivity contribution >= 4 is 22.9 Å². The fourth-order valence-electron chi connectivity index (χ4n) is 3.97. The second-order valence-corrected chi connectivity index (χ2v) is 8.73. The molecule has 1 fully saturated rings. The average molecular weight is 421 g/mol. The summed E-state index contributed by atoms with van der Waals surface area (Å²) in [4.78, 5) is 19.1. The summed E-state index contributed by atoms with van der Waals surface area (Å²) in [6, 6.07) is 18.5. The molecule has 6 heteroatoms. The van der Waals surface area contributed by atoms with Gasteiger partial charge in [-0.25, -0.2) is 0 Å². The van der Waals surface area contributed by atoms with Crippen LogP contribution in [0.5, 0.6) is 5.75 Å². The van der Waals surface area contributed by atoms with Crippen LogP contribution in [0.3, 0.4) is 0 Å². The van der Waals surface area contributed by atoms with Crippen molar-refractivity contribution < 1.29 is 14.3 Å². The minimum atomic E-state index is 0.0455. The molecule has 2 aliphatic heterocycles. The molecule has 0 N–H and O–H groups in total. The summed E-state index contributed by atoms with van der Waals surface area (Å²) < 4.78 is 11.3. The van der Waals surface area contributed by atoms with Gasteiger partial charge in [0.15, 0.2) is 0 Å². The van der Waals surface area contributed by atoms with Gasteiger partial charge in [-0.1, -0.05) is 24.3 Å². The lowest BCUT2D eigenvalue weighted by atomic mass is 10.1. The summed E-state index contributed by atoms with van der Waals surface area (Å²) in [5.74, 6) is 0.934. The first kappa shape index (κ1) is 19.2. The van der Waals surface area contributed by atoms with Gasteiger partial charge in [0.05, 0.1) is 18.1 Å². The molecule has 2 aliphatic rings. The molecule has 0 bridgehead atoms. The monoisotopic (exact) mass is 420 g/mol. The molecule has 0 spiro atoms. The molecule has 2 aromatic carbocycles. The lowest BCUT2D eigenvalue weighted by Crippen LogP contribution is -2.36. The van der Waals surface area contributed by atoms with Crippen LogP contribution in [0.2, 0.25) is 0 Å². The van der Waals surface area contributed by atoms with E-state index in [2.05, 4.69) is 35.2 Å². The second kappa shape index (κ2) is 8.13. The molecule has 5 nitrogen and oxygen atoms in total. The Morgan fingerprint density at radius 1 is 1.10 bits per heavy atom. The molecule has 3 aromatic rings. The van der Waals surface area contributed by atoms with E-state index >= 15 is 0 Å². The van der Waals surface area contributed by atoms with Gasteiger partial charge in [-0.05, 0) is 35.9 Å². The van der Waals surface area contributed by atoms with Crippen LogP contribution in [0.4, 0.5) is 5.69 Å². The van der Waals surface area contributed by atoms with Crippen LogP contribution >= 0.6 is 11.3 Å². The Kier molecular flexibility index (Phi) is 5.19. The van der Waals surface area contributed by atoms with Gasteiger partial charge in [-0.3, -0.25) is 4.79 Å². The number of para-hydroxylation sites is 1. The number of thiophene rings is 1. The van der Waals surface area contributed by atoms with Crippen molar-refractivity contribution in [2.24, 2.45) is 0 Å². The lowest BCUT2D eigenvalue weighted by Gasteiger charge is -2.29. The number of hydrogen-bond donors (Lipinski definition) is 0. The van der Waals surface area contributed by atoms with E-state index in [-0.39, 0.29) is 5.91 Å². The van der Waals surface area contributed by atoms with E-state index < -0.39 is 0 Å². The minimum absolute atomic E-state index is 0.0455. The van der Waals surface area contributed by atoms with Gasteiger partial charge in [0, 0.05) is 48.4 Å². The van der Waals surface area contributed by atoms with Gasteiger partial charge in [0.25, 0.3) is 5.91 Å². The van der Waals surface area contributed by atoms with Gasteiger partial charge in [-0.2, -0.15) is 0 Å². The maximum Gasteiger partial charge on any atom is 0.263 e. The van der Waals surface area contributed by atoms with Gasteiger partial charge >= 0.3 is 0 Å². The summed E-state index contributed by atoms with van der Waals surface area (Å²) >= 11 is 1.56. The molecule has 1 aromatic heterocycles. The van der Waals surface area contributed by atoms with E-state index in [1.807, 2.05) is 31.3 Å². The number of nitrogens with zero attached hydrogens (tertiary/aromatic N) is 2. The Hall–Kier alpha value is -2.83. The Morgan fingerprint density at radius 3 is 2.67 bits per heavy atom. The number of benzene rings is 2. The first-order chi connectivity index (χ1) is 14.7. The second-order valence-electron chi connectivity index (χ2n) is 7.68. The number of carbonyl (C=O) groups is 1. The molecule has 0 saturated carbocycles. The third-order valence-electron chi connectivity index (χ3n) is 5.61. The van der Waals surface area contributed by atoms with Crippen molar-refractivity contribution in [3.05, 3.63) is 70.6 Å². The summed E-state index contributed by atoms with van der Waals surface area (Å²) in [7, 11) is 1.86. The Bertz CT molecular complexity index is 1050. The standard InChI is InChI=1S/C24H24N2O3S/c1-25(15-17-6-8-19(9-7-17)26-10-12-28-13-11-26)24(27)22-14-18-16-29-21-5-3-2-4-20(21)23(18)30-22/h2-9,14H,10-13,15-16H2,1H3. The van der Waals surface area contributed by atoms with Crippen LogP contribution in [0.1, 0.15) is 20.8 Å². The number of anilines is 1. The molecule has 154 valence electrons. The number of hydrogen-bond acceptors (Lipinski definition) is 5. The predicted octanol–water partition coefficient (Wildman–Crippen LogP) is 4.42. The molecule has 0 atom stereocenters. The van der Waals surface area contributed by atoms with E-state index in [1.54, 1.807) is 16.2 Å². The van der Waals surface area contributed by atoms with Crippen LogP contribution in [0, 0.1) is 0 Å². The number of ether oxygens (including phenoxy) is 2. The maximum absolute atomic E-state index is 13.1. The molecule has 5 rings (SSSR count). The van der Waals surface area contributed by atoms with Crippen molar-refractivity contribution in [3.8, 4) is 16.2 Å². The topological polar surface area (TPSA) is 42.0 Å². The lowest BCUT2D eigenvalue weighted by molar-refractivity contribution is 0.0789. The first-order valence-corrected chi connectivity index (χ1v) is 11.0. The third kappa shape index (κ3) is 3.68. The Morgan fingerprint density at radius 2 is 1.87 bits per heavy atom. The zero-order chi connectivity index (χ0) is 20.5. The van der Waals surface area contributed by atoms with Crippen molar-refractivity contribution in [3.63, 3.8) is 0 Å². The molecule has 1 saturated heterocycles. The highest BCUT2D eigenvalue weighted by molar-refractivity contribution is 7.17. The molecule has 0 aliphatic carbocycles. The molecular weight excluding hydrogens is 396 g/mol. The van der Waals surface area contributed by atoms with Crippen LogP contribution in [0.25, 0.3) is 10.4 Å². The van der Waals surface area contributed by atoms with E-state index in [0.717, 1.165) is 58.5 Å². The fourth-order valence-corrected chi connectivity index (χ4v) is 5.16. The summed E-state index contributed by atoms with van der Waals surface area (Å²) in [6.07, 6.45) is 0. The Labute approximate surface area is 180 Å². The van der Waals surface area contributed by atoms with Crippen LogP contribution in [-0.4, -0.2) is 44.2 Å². The highest BCUT2D eigenvalue weighted by Crippen LogP contribution is 2.42. The summed E-state index contributed by atoms with van der Waals surface area (Å²) in [5, 5.41) is 0. The normalized spacial score (nSPS) is 15.2. The Balaban J connectivity index is 1.29. The van der Waals surface area contributed by atoms with Crippen molar-refractivity contribution in [2.75, 3.05) is 38.3 Å². The van der Waals surface area contributed by atoms with E-state index in [9.17, 15) is 4.79 Å². The number of amides is 1. The maximum atomic E-state index is 13.1. The van der Waals surface area contributed by atoms with Crippen molar-refractivity contribution in [1.82, 2.24) is 4.90 Å². The smallest absolute Gasteiger partial charge is 0.263 e. The molecule has 1 amide bonds. The largest absolute Gasteiger partial charge is 0.488 e. The zero-order valence-electron chi connectivity index (χ0n) is 17.0. The minimum Gasteiger partial charge on any atom is -0.488 e. The van der Waals surface area contributed by atoms with Gasteiger partial charge < -0.3 is 19.3 Å². The summed E-state index contributed by atoms with van der Waals surface area (Å²) in [6.45, 7) is 4.50. The molecule has 0 radical (unpaired) electrons.